The van der Waals surface area contributed by atoms with Crippen LogP contribution in [0.4, 0.5) is 17.1 Å². The molecule has 0 spiro atoms. The van der Waals surface area contributed by atoms with Crippen LogP contribution in [0, 0.1) is 31.6 Å². The Morgan fingerprint density at radius 3 is 2.31 bits per heavy atom. The Labute approximate surface area is 247 Å². The van der Waals surface area contributed by atoms with E-state index in [0.717, 1.165) is 16.8 Å². The minimum atomic E-state index is -3.76. The van der Waals surface area contributed by atoms with Crippen molar-refractivity contribution in [3.8, 4) is 0 Å². The van der Waals surface area contributed by atoms with Crippen LogP contribution < -0.4 is 15.4 Å². The molecule has 0 saturated heterocycles. The van der Waals surface area contributed by atoms with Crippen LogP contribution in [0.3, 0.4) is 0 Å². The fourth-order valence-electron chi connectivity index (χ4n) is 7.56. The molecule has 5 atom stereocenters. The Kier molecular flexibility index (Phi) is 6.58. The van der Waals surface area contributed by atoms with Crippen LogP contribution in [0.1, 0.15) is 63.8 Å². The van der Waals surface area contributed by atoms with Gasteiger partial charge in [-0.15, -0.1) is 0 Å². The molecule has 214 valence electrons. The van der Waals surface area contributed by atoms with Crippen molar-refractivity contribution < 1.29 is 13.2 Å². The number of hydrogen-bond acceptors (Lipinski definition) is 4. The number of fused-ring (bicyclic) bond motifs is 7. The van der Waals surface area contributed by atoms with Crippen LogP contribution in [0.15, 0.2) is 95.9 Å². The first-order valence-corrected chi connectivity index (χ1v) is 16.2. The molecule has 0 aromatic heterocycles. The van der Waals surface area contributed by atoms with E-state index in [1.807, 2.05) is 32.0 Å². The van der Waals surface area contributed by atoms with Gasteiger partial charge in [0.15, 0.2) is 0 Å². The molecule has 2 saturated carbocycles. The highest BCUT2D eigenvalue weighted by Gasteiger charge is 2.53. The molecular formula is C35H35N3O3S. The third kappa shape index (κ3) is 4.75. The van der Waals surface area contributed by atoms with Crippen LogP contribution in [-0.4, -0.2) is 14.3 Å². The van der Waals surface area contributed by atoms with Crippen molar-refractivity contribution in [2.75, 3.05) is 15.4 Å². The van der Waals surface area contributed by atoms with Gasteiger partial charge in [0.1, 0.15) is 0 Å². The molecule has 2 aliphatic carbocycles. The number of nitrogens with one attached hydrogen (secondary N) is 3. The number of hydrogen-bond donors (Lipinski definition) is 3. The fourth-order valence-corrected chi connectivity index (χ4v) is 8.61. The predicted octanol–water partition coefficient (Wildman–Crippen LogP) is 7.65. The van der Waals surface area contributed by atoms with Gasteiger partial charge in [0.25, 0.3) is 15.9 Å². The maximum Gasteiger partial charge on any atom is 0.261 e. The minimum absolute atomic E-state index is 0.133. The lowest BCUT2D eigenvalue weighted by Gasteiger charge is -2.43. The number of amides is 1. The molecule has 3 aliphatic rings. The van der Waals surface area contributed by atoms with Gasteiger partial charge < -0.3 is 10.6 Å². The molecule has 0 unspecified atom stereocenters. The summed E-state index contributed by atoms with van der Waals surface area (Å²) < 4.78 is 28.5. The van der Waals surface area contributed by atoms with E-state index in [-0.39, 0.29) is 16.8 Å². The molecule has 1 aliphatic heterocycles. The van der Waals surface area contributed by atoms with Crippen molar-refractivity contribution >= 4 is 33.0 Å². The summed E-state index contributed by atoms with van der Waals surface area (Å²) >= 11 is 0. The lowest BCUT2D eigenvalue weighted by Crippen LogP contribution is -2.35. The van der Waals surface area contributed by atoms with Gasteiger partial charge in [0.05, 0.1) is 10.9 Å². The van der Waals surface area contributed by atoms with Gasteiger partial charge in [-0.2, -0.15) is 0 Å². The standard InChI is InChI=1S/C35H35N3O3S/c1-21-8-12-28(18-22(21)2)38-42(40,41)29-15-13-27(14-16-29)36-35(39)26-11-17-31-30(20-26)32-24-9-10-25(19-24)33(32)34(37-31)23-6-4-3-5-7-23/h3-8,11-18,20,24-25,32-34,37-38H,9-10,19H2,1-2H3,(H,36,39)/t24-,25-,32-,33+,34-/m0/s1. The molecule has 6 nitrogen and oxygen atoms in total. The molecule has 4 aromatic carbocycles. The highest BCUT2D eigenvalue weighted by molar-refractivity contribution is 7.92. The summed E-state index contributed by atoms with van der Waals surface area (Å²) in [5.41, 5.74) is 7.50. The van der Waals surface area contributed by atoms with Crippen molar-refractivity contribution in [2.45, 2.75) is 50.0 Å². The van der Waals surface area contributed by atoms with Gasteiger partial charge in [-0.3, -0.25) is 9.52 Å². The smallest absolute Gasteiger partial charge is 0.261 e. The SMILES string of the molecule is Cc1ccc(NS(=O)(=O)c2ccc(NC(=O)c3ccc4c(c3)[C@@H]3[C@H]5CC[C@@H](C5)[C@H]3[C@H](c3ccccc3)N4)cc2)cc1C. The summed E-state index contributed by atoms with van der Waals surface area (Å²) in [5, 5.41) is 6.80. The third-order valence-corrected chi connectivity index (χ3v) is 11.1. The van der Waals surface area contributed by atoms with E-state index in [4.69, 9.17) is 0 Å². The van der Waals surface area contributed by atoms with Crippen molar-refractivity contribution in [1.82, 2.24) is 0 Å². The molecule has 7 heteroatoms. The maximum absolute atomic E-state index is 13.4. The first-order valence-electron chi connectivity index (χ1n) is 14.7. The zero-order chi connectivity index (χ0) is 29.0. The average Bonchev–Trinajstić information content (AvgIpc) is 3.62. The van der Waals surface area contributed by atoms with Gasteiger partial charge in [0.2, 0.25) is 0 Å². The van der Waals surface area contributed by atoms with Crippen LogP contribution in [-0.2, 0) is 10.0 Å². The number of anilines is 3. The summed E-state index contributed by atoms with van der Waals surface area (Å²) in [6.07, 6.45) is 3.82. The Morgan fingerprint density at radius 2 is 1.55 bits per heavy atom. The predicted molar refractivity (Wildman–Crippen MR) is 167 cm³/mol. The molecule has 0 radical (unpaired) electrons. The first-order chi connectivity index (χ1) is 20.3. The van der Waals surface area contributed by atoms with Crippen LogP contribution in [0.2, 0.25) is 0 Å². The zero-order valence-corrected chi connectivity index (χ0v) is 24.6. The first kappa shape index (κ1) is 26.8. The lowest BCUT2D eigenvalue weighted by molar-refractivity contribution is 0.102. The molecule has 42 heavy (non-hydrogen) atoms. The fraction of sp³-hybridized carbons (Fsp3) is 0.286. The Balaban J connectivity index is 1.09. The Morgan fingerprint density at radius 1 is 0.810 bits per heavy atom. The number of sulfonamides is 1. The largest absolute Gasteiger partial charge is 0.378 e. The highest BCUT2D eigenvalue weighted by atomic mass is 32.2. The number of aryl methyl sites for hydroxylation is 2. The van der Waals surface area contributed by atoms with Crippen LogP contribution >= 0.6 is 0 Å². The molecule has 4 aromatic rings. The van der Waals surface area contributed by atoms with Crippen LogP contribution in [0.25, 0.3) is 0 Å². The normalized spacial score (nSPS) is 23.9. The van der Waals surface area contributed by atoms with Gasteiger partial charge >= 0.3 is 0 Å². The second kappa shape index (κ2) is 10.3. The second-order valence-electron chi connectivity index (χ2n) is 12.2. The summed E-state index contributed by atoms with van der Waals surface area (Å²) in [6.45, 7) is 3.93. The summed E-state index contributed by atoms with van der Waals surface area (Å²) in [7, 11) is -3.76. The highest BCUT2D eigenvalue weighted by Crippen LogP contribution is 2.63. The maximum atomic E-state index is 13.4. The van der Waals surface area contributed by atoms with E-state index in [2.05, 4.69) is 57.8 Å². The topological polar surface area (TPSA) is 87.3 Å². The van der Waals surface area contributed by atoms with E-state index in [1.54, 1.807) is 18.2 Å². The molecule has 1 amide bonds. The average molecular weight is 578 g/mol. The Hall–Kier alpha value is -4.10. The van der Waals surface area contributed by atoms with E-state index >= 15 is 0 Å². The van der Waals surface area contributed by atoms with Gasteiger partial charge in [0, 0.05) is 22.6 Å². The summed E-state index contributed by atoms with van der Waals surface area (Å²) in [5.74, 6) is 2.16. The molecule has 3 N–H and O–H groups in total. The van der Waals surface area contributed by atoms with E-state index in [9.17, 15) is 13.2 Å². The molecule has 1 heterocycles. The summed E-state index contributed by atoms with van der Waals surface area (Å²) in [4.78, 5) is 13.5. The molecule has 7 rings (SSSR count). The lowest BCUT2D eigenvalue weighted by atomic mass is 9.68. The number of carbonyl (C=O) groups excluding carboxylic acids is 1. The number of benzene rings is 4. The Bertz CT molecular complexity index is 1770. The van der Waals surface area contributed by atoms with Crippen molar-refractivity contribution in [3.05, 3.63) is 119 Å². The van der Waals surface area contributed by atoms with Crippen molar-refractivity contribution in [3.63, 3.8) is 0 Å². The number of carbonyl (C=O) groups is 1. The quantitative estimate of drug-likeness (QED) is 0.220. The molecule has 2 fully saturated rings. The monoisotopic (exact) mass is 577 g/mol. The minimum Gasteiger partial charge on any atom is -0.378 e. The molecular weight excluding hydrogens is 542 g/mol. The van der Waals surface area contributed by atoms with E-state index in [1.165, 1.54) is 42.5 Å². The second-order valence-corrected chi connectivity index (χ2v) is 13.8. The van der Waals surface area contributed by atoms with Crippen molar-refractivity contribution in [1.29, 1.82) is 0 Å². The van der Waals surface area contributed by atoms with Crippen molar-refractivity contribution in [2.24, 2.45) is 17.8 Å². The van der Waals surface area contributed by atoms with Gasteiger partial charge in [-0.05, 0) is 134 Å². The van der Waals surface area contributed by atoms with Crippen LogP contribution in [0.5, 0.6) is 0 Å². The zero-order valence-electron chi connectivity index (χ0n) is 23.8. The third-order valence-electron chi connectivity index (χ3n) is 9.69. The summed E-state index contributed by atoms with van der Waals surface area (Å²) in [6, 6.07) is 28.8. The molecule has 2 bridgehead atoms. The van der Waals surface area contributed by atoms with E-state index in [0.29, 0.717) is 40.6 Å². The number of rotatable bonds is 6. The van der Waals surface area contributed by atoms with Gasteiger partial charge in [-0.1, -0.05) is 36.4 Å². The van der Waals surface area contributed by atoms with E-state index < -0.39 is 10.0 Å². The van der Waals surface area contributed by atoms with Gasteiger partial charge in [-0.25, -0.2) is 8.42 Å².